The second-order valence-corrected chi connectivity index (χ2v) is 3.00. The molecule has 1 aromatic rings. The van der Waals surface area contributed by atoms with E-state index in [9.17, 15) is 4.79 Å². The molecule has 0 atom stereocenters. The number of carbonyl (C=O) groups is 1. The predicted octanol–water partition coefficient (Wildman–Crippen LogP) is 2.53. The lowest BCUT2D eigenvalue weighted by Gasteiger charge is -1.77. The highest BCUT2D eigenvalue weighted by molar-refractivity contribution is 7.10. The van der Waals surface area contributed by atoms with Gasteiger partial charge in [-0.3, -0.25) is 4.79 Å². The molecule has 1 aromatic heterocycles. The van der Waals surface area contributed by atoms with Crippen molar-refractivity contribution in [1.29, 1.82) is 0 Å². The van der Waals surface area contributed by atoms with Crippen molar-refractivity contribution in [1.82, 2.24) is 0 Å². The van der Waals surface area contributed by atoms with E-state index in [1.807, 2.05) is 17.5 Å². The zero-order chi connectivity index (χ0) is 7.40. The first-order valence-corrected chi connectivity index (χ1v) is 3.96. The Hall–Kier alpha value is -0.600. The Kier molecular flexibility index (Phi) is 2.66. The lowest BCUT2D eigenvalue weighted by Crippen LogP contribution is -1.72. The van der Waals surface area contributed by atoms with Gasteiger partial charge >= 0.3 is 0 Å². The minimum Gasteiger partial charge on any atom is -0.276 e. The molecule has 0 spiro atoms. The lowest BCUT2D eigenvalue weighted by atomic mass is 10.4. The van der Waals surface area contributed by atoms with Gasteiger partial charge in [-0.05, 0) is 35.2 Å². The third kappa shape index (κ3) is 2.33. The summed E-state index contributed by atoms with van der Waals surface area (Å²) in [4.78, 5) is 11.3. The highest BCUT2D eigenvalue weighted by Gasteiger charge is 1.87. The molecule has 0 fully saturated rings. The Bertz CT molecular complexity index is 238. The molecule has 0 aromatic carbocycles. The fourth-order valence-electron chi connectivity index (χ4n) is 0.534. The molecule has 0 radical (unpaired) electrons. The summed E-state index contributed by atoms with van der Waals surface area (Å²) in [6.45, 7) is 0. The molecule has 0 aliphatic rings. The van der Waals surface area contributed by atoms with Gasteiger partial charge in [0.25, 0.3) is 0 Å². The van der Waals surface area contributed by atoms with Gasteiger partial charge < -0.3 is 0 Å². The van der Waals surface area contributed by atoms with Crippen molar-refractivity contribution in [2.24, 2.45) is 0 Å². The van der Waals surface area contributed by atoms with E-state index in [0.717, 1.165) is 4.88 Å². The van der Waals surface area contributed by atoms with Crippen molar-refractivity contribution in [2.45, 2.75) is 0 Å². The van der Waals surface area contributed by atoms with E-state index in [0.29, 0.717) is 0 Å². The minimum atomic E-state index is -0.437. The molecule has 0 amide bonds. The molecule has 0 saturated heterocycles. The topological polar surface area (TPSA) is 17.1 Å². The minimum absolute atomic E-state index is 0.437. The number of rotatable bonds is 2. The van der Waals surface area contributed by atoms with E-state index in [4.69, 9.17) is 11.6 Å². The summed E-state index contributed by atoms with van der Waals surface area (Å²) in [5.41, 5.74) is 0. The zero-order valence-electron chi connectivity index (χ0n) is 5.08. The number of allylic oxidation sites excluding steroid dienone is 1. The molecule has 0 unspecified atom stereocenters. The SMILES string of the molecule is O=C(Cl)/C=C/c1cccs1. The monoisotopic (exact) mass is 172 g/mol. The molecular weight excluding hydrogens is 168 g/mol. The molecule has 0 N–H and O–H groups in total. The molecule has 1 rings (SSSR count). The summed E-state index contributed by atoms with van der Waals surface area (Å²) < 4.78 is 0. The molecule has 1 heterocycles. The third-order valence-electron chi connectivity index (χ3n) is 0.922. The number of halogens is 1. The van der Waals surface area contributed by atoms with Crippen LogP contribution in [-0.2, 0) is 4.79 Å². The van der Waals surface area contributed by atoms with Crippen molar-refractivity contribution < 1.29 is 4.79 Å². The van der Waals surface area contributed by atoms with Gasteiger partial charge in [0, 0.05) is 4.88 Å². The Morgan fingerprint density at radius 2 is 2.50 bits per heavy atom. The Labute approximate surface area is 67.9 Å². The summed E-state index contributed by atoms with van der Waals surface area (Å²) in [5.74, 6) is 0. The van der Waals surface area contributed by atoms with Gasteiger partial charge in [-0.25, -0.2) is 0 Å². The van der Waals surface area contributed by atoms with E-state index >= 15 is 0 Å². The number of hydrogen-bond acceptors (Lipinski definition) is 2. The van der Waals surface area contributed by atoms with E-state index < -0.39 is 5.24 Å². The third-order valence-corrected chi connectivity index (χ3v) is 1.89. The average Bonchev–Trinajstić information content (AvgIpc) is 2.34. The summed E-state index contributed by atoms with van der Waals surface area (Å²) in [6, 6.07) is 3.84. The quantitative estimate of drug-likeness (QED) is 0.495. The van der Waals surface area contributed by atoms with Crippen LogP contribution in [0.25, 0.3) is 6.08 Å². The van der Waals surface area contributed by atoms with Gasteiger partial charge in [0.1, 0.15) is 0 Å². The van der Waals surface area contributed by atoms with Crippen molar-refractivity contribution in [2.75, 3.05) is 0 Å². The van der Waals surface area contributed by atoms with Gasteiger partial charge in [-0.2, -0.15) is 0 Å². The summed E-state index contributed by atoms with van der Waals surface area (Å²) in [7, 11) is 0. The van der Waals surface area contributed by atoms with Gasteiger partial charge in [0.05, 0.1) is 0 Å². The second kappa shape index (κ2) is 3.54. The van der Waals surface area contributed by atoms with Gasteiger partial charge in [-0.1, -0.05) is 6.07 Å². The van der Waals surface area contributed by atoms with Crippen LogP contribution < -0.4 is 0 Å². The standard InChI is InChI=1S/C7H5ClOS/c8-7(9)4-3-6-2-1-5-10-6/h1-5H/b4-3+. The van der Waals surface area contributed by atoms with Crippen molar-refractivity contribution in [3.63, 3.8) is 0 Å². The molecule has 10 heavy (non-hydrogen) atoms. The highest BCUT2D eigenvalue weighted by Crippen LogP contribution is 2.10. The lowest BCUT2D eigenvalue weighted by molar-refractivity contribution is -0.107. The molecular formula is C7H5ClOS. The molecule has 3 heteroatoms. The average molecular weight is 173 g/mol. The maximum Gasteiger partial charge on any atom is 0.245 e. The van der Waals surface area contributed by atoms with Crippen molar-refractivity contribution in [3.8, 4) is 0 Å². The molecule has 0 bridgehead atoms. The summed E-state index contributed by atoms with van der Waals surface area (Å²) in [6.07, 6.45) is 3.04. The van der Waals surface area contributed by atoms with Crippen LogP contribution in [0.1, 0.15) is 4.88 Å². The second-order valence-electron chi connectivity index (χ2n) is 1.65. The predicted molar refractivity (Wildman–Crippen MR) is 44.2 cm³/mol. The van der Waals surface area contributed by atoms with Gasteiger partial charge in [0.15, 0.2) is 0 Å². The fourth-order valence-corrected chi connectivity index (χ4v) is 1.21. The van der Waals surface area contributed by atoms with Crippen molar-refractivity contribution in [3.05, 3.63) is 28.5 Å². The molecule has 0 saturated carbocycles. The van der Waals surface area contributed by atoms with E-state index in [-0.39, 0.29) is 0 Å². The fraction of sp³-hybridized carbons (Fsp3) is 0. The summed E-state index contributed by atoms with van der Waals surface area (Å²) in [5, 5.41) is 1.51. The number of hydrogen-bond donors (Lipinski definition) is 0. The van der Waals surface area contributed by atoms with Crippen LogP contribution >= 0.6 is 22.9 Å². The first-order valence-electron chi connectivity index (χ1n) is 2.70. The molecule has 0 aliphatic heterocycles. The largest absolute Gasteiger partial charge is 0.276 e. The smallest absolute Gasteiger partial charge is 0.245 e. The Morgan fingerprint density at radius 1 is 1.70 bits per heavy atom. The van der Waals surface area contributed by atoms with Crippen LogP contribution in [0.4, 0.5) is 0 Å². The zero-order valence-corrected chi connectivity index (χ0v) is 6.65. The number of thiophene rings is 1. The van der Waals surface area contributed by atoms with Crippen LogP contribution in [0.5, 0.6) is 0 Å². The van der Waals surface area contributed by atoms with Crippen molar-refractivity contribution >= 4 is 34.3 Å². The highest BCUT2D eigenvalue weighted by atomic mass is 35.5. The van der Waals surface area contributed by atoms with Gasteiger partial charge in [0.2, 0.25) is 5.24 Å². The van der Waals surface area contributed by atoms with E-state index in [1.54, 1.807) is 17.4 Å². The Balaban J connectivity index is 2.64. The molecule has 1 nitrogen and oxygen atoms in total. The van der Waals surface area contributed by atoms with Crippen LogP contribution in [0.3, 0.4) is 0 Å². The van der Waals surface area contributed by atoms with Crippen LogP contribution in [0, 0.1) is 0 Å². The first kappa shape index (κ1) is 7.51. The molecule has 52 valence electrons. The van der Waals surface area contributed by atoms with E-state index in [1.165, 1.54) is 6.08 Å². The van der Waals surface area contributed by atoms with Gasteiger partial charge in [-0.15, -0.1) is 11.3 Å². The maximum absolute atomic E-state index is 10.2. The number of carbonyl (C=O) groups excluding carboxylic acids is 1. The maximum atomic E-state index is 10.2. The normalized spacial score (nSPS) is 10.5. The summed E-state index contributed by atoms with van der Waals surface area (Å²) >= 11 is 6.64. The van der Waals surface area contributed by atoms with Crippen LogP contribution in [-0.4, -0.2) is 5.24 Å². The first-order chi connectivity index (χ1) is 4.79. The van der Waals surface area contributed by atoms with E-state index in [2.05, 4.69) is 0 Å². The molecule has 0 aliphatic carbocycles. The Morgan fingerprint density at radius 3 is 3.00 bits per heavy atom. The van der Waals surface area contributed by atoms with Crippen LogP contribution in [0.2, 0.25) is 0 Å². The van der Waals surface area contributed by atoms with Crippen LogP contribution in [0.15, 0.2) is 23.6 Å².